The van der Waals surface area contributed by atoms with Gasteiger partial charge in [0.1, 0.15) is 0 Å². The number of hydrogen-bond donors (Lipinski definition) is 1. The van der Waals surface area contributed by atoms with E-state index >= 15 is 0 Å². The smallest absolute Gasteiger partial charge is 0.0641 e. The zero-order valence-electron chi connectivity index (χ0n) is 11.6. The standard InChI is InChI=1S/C13H24N4/c1-10-12(8-16(5)15-10)11(2)17-7-6-14-9-13(17,3)4/h8,11,14H,6-7,9H2,1-5H3. The summed E-state index contributed by atoms with van der Waals surface area (Å²) >= 11 is 0. The first-order valence-electron chi connectivity index (χ1n) is 6.39. The second kappa shape index (κ2) is 4.42. The van der Waals surface area contributed by atoms with Gasteiger partial charge in [0.25, 0.3) is 0 Å². The van der Waals surface area contributed by atoms with Gasteiger partial charge in [-0.1, -0.05) is 0 Å². The molecule has 1 N–H and O–H groups in total. The molecule has 0 radical (unpaired) electrons. The number of hydrogen-bond acceptors (Lipinski definition) is 3. The normalized spacial score (nSPS) is 22.6. The van der Waals surface area contributed by atoms with E-state index in [0.717, 1.165) is 25.3 Å². The maximum Gasteiger partial charge on any atom is 0.0641 e. The van der Waals surface area contributed by atoms with E-state index in [1.54, 1.807) is 0 Å². The van der Waals surface area contributed by atoms with Crippen LogP contribution in [0.2, 0.25) is 0 Å². The summed E-state index contributed by atoms with van der Waals surface area (Å²) in [7, 11) is 1.99. The van der Waals surface area contributed by atoms with Crippen LogP contribution in [-0.4, -0.2) is 39.9 Å². The largest absolute Gasteiger partial charge is 0.314 e. The third kappa shape index (κ3) is 2.38. The van der Waals surface area contributed by atoms with E-state index < -0.39 is 0 Å². The fourth-order valence-electron chi connectivity index (χ4n) is 2.91. The molecule has 1 unspecified atom stereocenters. The van der Waals surface area contributed by atoms with Crippen molar-refractivity contribution in [2.24, 2.45) is 7.05 Å². The summed E-state index contributed by atoms with van der Waals surface area (Å²) in [6.07, 6.45) is 2.15. The van der Waals surface area contributed by atoms with Gasteiger partial charge in [0.2, 0.25) is 0 Å². The highest BCUT2D eigenvalue weighted by molar-refractivity contribution is 5.20. The van der Waals surface area contributed by atoms with Gasteiger partial charge in [-0.25, -0.2) is 0 Å². The van der Waals surface area contributed by atoms with Crippen LogP contribution in [0.1, 0.15) is 38.1 Å². The Hall–Kier alpha value is -0.870. The third-order valence-electron chi connectivity index (χ3n) is 3.83. The quantitative estimate of drug-likeness (QED) is 0.844. The fourth-order valence-corrected chi connectivity index (χ4v) is 2.91. The van der Waals surface area contributed by atoms with Crippen molar-refractivity contribution in [1.82, 2.24) is 20.0 Å². The van der Waals surface area contributed by atoms with Crippen LogP contribution in [0.3, 0.4) is 0 Å². The van der Waals surface area contributed by atoms with E-state index in [9.17, 15) is 0 Å². The SMILES string of the molecule is Cc1nn(C)cc1C(C)N1CCNCC1(C)C. The summed E-state index contributed by atoms with van der Waals surface area (Å²) < 4.78 is 1.91. The lowest BCUT2D eigenvalue weighted by molar-refractivity contribution is 0.0514. The zero-order valence-corrected chi connectivity index (χ0v) is 11.6. The summed E-state index contributed by atoms with van der Waals surface area (Å²) in [4.78, 5) is 2.58. The lowest BCUT2D eigenvalue weighted by Gasteiger charge is -2.46. The van der Waals surface area contributed by atoms with E-state index in [1.807, 2.05) is 11.7 Å². The Morgan fingerprint density at radius 2 is 2.18 bits per heavy atom. The topological polar surface area (TPSA) is 33.1 Å². The monoisotopic (exact) mass is 236 g/mol. The van der Waals surface area contributed by atoms with E-state index in [-0.39, 0.29) is 5.54 Å². The molecule has 4 nitrogen and oxygen atoms in total. The van der Waals surface area contributed by atoms with Crippen LogP contribution in [0.4, 0.5) is 0 Å². The maximum atomic E-state index is 4.45. The summed E-state index contributed by atoms with van der Waals surface area (Å²) in [5.41, 5.74) is 2.71. The molecule has 0 spiro atoms. The molecule has 1 atom stereocenters. The van der Waals surface area contributed by atoms with Gasteiger partial charge < -0.3 is 5.32 Å². The number of nitrogens with one attached hydrogen (secondary N) is 1. The minimum absolute atomic E-state index is 0.208. The Labute approximate surface area is 104 Å². The van der Waals surface area contributed by atoms with Crippen molar-refractivity contribution in [2.45, 2.75) is 39.3 Å². The van der Waals surface area contributed by atoms with Gasteiger partial charge in [-0.3, -0.25) is 9.58 Å². The van der Waals surface area contributed by atoms with Gasteiger partial charge in [-0.15, -0.1) is 0 Å². The van der Waals surface area contributed by atoms with Gasteiger partial charge in [0.05, 0.1) is 5.69 Å². The van der Waals surface area contributed by atoms with Crippen molar-refractivity contribution in [2.75, 3.05) is 19.6 Å². The van der Waals surface area contributed by atoms with Gasteiger partial charge in [-0.2, -0.15) is 5.10 Å². The summed E-state index contributed by atoms with van der Waals surface area (Å²) in [5.74, 6) is 0. The third-order valence-corrected chi connectivity index (χ3v) is 3.83. The van der Waals surface area contributed by atoms with Gasteiger partial charge in [-0.05, 0) is 27.7 Å². The first-order chi connectivity index (χ1) is 7.92. The van der Waals surface area contributed by atoms with Crippen molar-refractivity contribution in [3.05, 3.63) is 17.5 Å². The molecular formula is C13H24N4. The van der Waals surface area contributed by atoms with Crippen LogP contribution in [0.15, 0.2) is 6.20 Å². The molecule has 1 aromatic heterocycles. The van der Waals surface area contributed by atoms with Crippen molar-refractivity contribution in [3.8, 4) is 0 Å². The molecule has 1 fully saturated rings. The number of nitrogens with zero attached hydrogens (tertiary/aromatic N) is 3. The van der Waals surface area contributed by atoms with Gasteiger partial charge >= 0.3 is 0 Å². The highest BCUT2D eigenvalue weighted by atomic mass is 15.3. The summed E-state index contributed by atoms with van der Waals surface area (Å²) in [6.45, 7) is 12.2. The predicted octanol–water partition coefficient (Wildman–Crippen LogP) is 1.47. The van der Waals surface area contributed by atoms with Crippen molar-refractivity contribution in [1.29, 1.82) is 0 Å². The molecule has 0 amide bonds. The number of piperazine rings is 1. The fraction of sp³-hybridized carbons (Fsp3) is 0.769. The second-order valence-corrected chi connectivity index (χ2v) is 5.70. The van der Waals surface area contributed by atoms with E-state index in [0.29, 0.717) is 6.04 Å². The summed E-state index contributed by atoms with van der Waals surface area (Å²) in [5, 5.41) is 7.92. The molecule has 2 rings (SSSR count). The maximum absolute atomic E-state index is 4.45. The van der Waals surface area contributed by atoms with Crippen LogP contribution in [0.5, 0.6) is 0 Å². The van der Waals surface area contributed by atoms with Gasteiger partial charge in [0.15, 0.2) is 0 Å². The molecular weight excluding hydrogens is 212 g/mol. The average Bonchev–Trinajstić information content (AvgIpc) is 2.56. The lowest BCUT2D eigenvalue weighted by Crippen LogP contribution is -2.58. The molecule has 0 bridgehead atoms. The number of rotatable bonds is 2. The highest BCUT2D eigenvalue weighted by Crippen LogP contribution is 2.30. The minimum Gasteiger partial charge on any atom is -0.314 e. The van der Waals surface area contributed by atoms with Crippen molar-refractivity contribution < 1.29 is 0 Å². The van der Waals surface area contributed by atoms with E-state index in [1.165, 1.54) is 5.56 Å². The number of aryl methyl sites for hydroxylation is 2. The van der Waals surface area contributed by atoms with Crippen LogP contribution in [-0.2, 0) is 7.05 Å². The van der Waals surface area contributed by atoms with Crippen LogP contribution in [0.25, 0.3) is 0 Å². The molecule has 0 aliphatic carbocycles. The van der Waals surface area contributed by atoms with Crippen LogP contribution < -0.4 is 5.32 Å². The van der Waals surface area contributed by atoms with Gasteiger partial charge in [0, 0.05) is 50.0 Å². The first-order valence-corrected chi connectivity index (χ1v) is 6.39. The predicted molar refractivity (Wildman–Crippen MR) is 70.0 cm³/mol. The molecule has 4 heteroatoms. The molecule has 2 heterocycles. The molecule has 1 aromatic rings. The van der Waals surface area contributed by atoms with E-state index in [2.05, 4.69) is 49.2 Å². The Kier molecular flexibility index (Phi) is 3.27. The Morgan fingerprint density at radius 1 is 1.47 bits per heavy atom. The molecule has 96 valence electrons. The summed E-state index contributed by atoms with van der Waals surface area (Å²) in [6, 6.07) is 0.431. The average molecular weight is 236 g/mol. The van der Waals surface area contributed by atoms with Crippen LogP contribution >= 0.6 is 0 Å². The van der Waals surface area contributed by atoms with Crippen LogP contribution in [0, 0.1) is 6.92 Å². The first kappa shape index (κ1) is 12.6. The molecule has 17 heavy (non-hydrogen) atoms. The van der Waals surface area contributed by atoms with E-state index in [4.69, 9.17) is 0 Å². The Morgan fingerprint density at radius 3 is 2.71 bits per heavy atom. The molecule has 1 aliphatic rings. The lowest BCUT2D eigenvalue weighted by atomic mass is 9.95. The number of aromatic nitrogens is 2. The second-order valence-electron chi connectivity index (χ2n) is 5.70. The van der Waals surface area contributed by atoms with Crippen molar-refractivity contribution in [3.63, 3.8) is 0 Å². The highest BCUT2D eigenvalue weighted by Gasteiger charge is 2.34. The minimum atomic E-state index is 0.208. The molecule has 1 aliphatic heterocycles. The van der Waals surface area contributed by atoms with Crippen molar-refractivity contribution >= 4 is 0 Å². The molecule has 1 saturated heterocycles. The Balaban J connectivity index is 2.24. The Bertz CT molecular complexity index is 394. The molecule has 0 saturated carbocycles. The molecule has 0 aromatic carbocycles. The zero-order chi connectivity index (χ0) is 12.6.